The number of hydrogen-bond acceptors (Lipinski definition) is 4. The zero-order valence-electron chi connectivity index (χ0n) is 11.1. The fraction of sp³-hybridized carbons (Fsp3) is 0.583. The number of hydrogen-bond donors (Lipinski definition) is 1. The molecule has 1 aromatic rings. The first-order valence-electron chi connectivity index (χ1n) is 6.21. The molecule has 0 bridgehead atoms. The van der Waals surface area contributed by atoms with E-state index in [9.17, 15) is 9.59 Å². The predicted molar refractivity (Wildman–Crippen MR) is 70.6 cm³/mol. The normalized spacial score (nSPS) is 10.2. The summed E-state index contributed by atoms with van der Waals surface area (Å²) in [5.74, 6) is 0.188. The van der Waals surface area contributed by atoms with Crippen LogP contribution in [0.1, 0.15) is 20.8 Å². The van der Waals surface area contributed by atoms with Crippen molar-refractivity contribution < 1.29 is 4.79 Å². The largest absolute Gasteiger partial charge is 0.356 e. The van der Waals surface area contributed by atoms with Crippen LogP contribution in [0.3, 0.4) is 0 Å². The average Bonchev–Trinajstić information content (AvgIpc) is 2.39. The molecular formula is C12H20N4O2. The lowest BCUT2D eigenvalue weighted by molar-refractivity contribution is -0.128. The van der Waals surface area contributed by atoms with Crippen LogP contribution in [0.4, 0.5) is 5.82 Å². The molecule has 1 rings (SSSR count). The maximum Gasteiger partial charge on any atom is 0.293 e. The van der Waals surface area contributed by atoms with E-state index in [1.165, 1.54) is 4.57 Å². The number of rotatable bonds is 6. The zero-order chi connectivity index (χ0) is 13.5. The Bertz CT molecular complexity index is 452. The number of carbonyl (C=O) groups is 1. The van der Waals surface area contributed by atoms with Gasteiger partial charge >= 0.3 is 0 Å². The molecule has 0 unspecified atom stereocenters. The first-order chi connectivity index (χ1) is 8.63. The van der Waals surface area contributed by atoms with E-state index in [0.29, 0.717) is 19.6 Å². The highest BCUT2D eigenvalue weighted by molar-refractivity contribution is 5.80. The van der Waals surface area contributed by atoms with Crippen LogP contribution in [-0.4, -0.2) is 40.0 Å². The summed E-state index contributed by atoms with van der Waals surface area (Å²) in [5, 5.41) is 2.80. The minimum atomic E-state index is -0.202. The Morgan fingerprint density at radius 2 is 2.06 bits per heavy atom. The van der Waals surface area contributed by atoms with Crippen molar-refractivity contribution in [1.82, 2.24) is 14.5 Å². The second-order valence-electron chi connectivity index (χ2n) is 3.79. The Morgan fingerprint density at radius 1 is 1.39 bits per heavy atom. The van der Waals surface area contributed by atoms with Crippen molar-refractivity contribution in [3.63, 3.8) is 0 Å². The lowest BCUT2D eigenvalue weighted by Gasteiger charge is -2.18. The number of nitrogens with zero attached hydrogens (tertiary/aromatic N) is 3. The Morgan fingerprint density at radius 3 is 2.61 bits per heavy atom. The summed E-state index contributed by atoms with van der Waals surface area (Å²) < 4.78 is 1.54. The van der Waals surface area contributed by atoms with Gasteiger partial charge in [-0.1, -0.05) is 0 Å². The number of likely N-dealkylation sites (N-methyl/N-ethyl adjacent to an activating group) is 1. The first-order valence-corrected chi connectivity index (χ1v) is 6.21. The van der Waals surface area contributed by atoms with Gasteiger partial charge in [-0.05, 0) is 20.8 Å². The topological polar surface area (TPSA) is 67.2 Å². The second kappa shape index (κ2) is 6.78. The molecule has 1 N–H and O–H groups in total. The lowest BCUT2D eigenvalue weighted by Crippen LogP contribution is -2.36. The molecule has 0 saturated heterocycles. The third kappa shape index (κ3) is 3.32. The van der Waals surface area contributed by atoms with Crippen LogP contribution >= 0.6 is 0 Å². The SMILES string of the molecule is CCN(CC)C(=O)CNc1nccn(CC)c1=O. The van der Waals surface area contributed by atoms with E-state index in [1.54, 1.807) is 17.3 Å². The number of carbonyl (C=O) groups excluding carboxylic acids is 1. The van der Waals surface area contributed by atoms with E-state index in [1.807, 2.05) is 20.8 Å². The van der Waals surface area contributed by atoms with Gasteiger partial charge in [0.1, 0.15) is 0 Å². The Hall–Kier alpha value is -1.85. The van der Waals surface area contributed by atoms with Gasteiger partial charge in [0.25, 0.3) is 5.56 Å². The minimum Gasteiger partial charge on any atom is -0.356 e. The molecule has 0 aliphatic heterocycles. The molecule has 6 heteroatoms. The smallest absolute Gasteiger partial charge is 0.293 e. The van der Waals surface area contributed by atoms with Crippen LogP contribution in [-0.2, 0) is 11.3 Å². The first kappa shape index (κ1) is 14.2. The summed E-state index contributed by atoms with van der Waals surface area (Å²) in [6, 6.07) is 0. The van der Waals surface area contributed by atoms with E-state index in [4.69, 9.17) is 0 Å². The van der Waals surface area contributed by atoms with E-state index in [-0.39, 0.29) is 23.8 Å². The maximum absolute atomic E-state index is 11.8. The van der Waals surface area contributed by atoms with Gasteiger partial charge < -0.3 is 14.8 Å². The monoisotopic (exact) mass is 252 g/mol. The highest BCUT2D eigenvalue weighted by Gasteiger charge is 2.10. The third-order valence-corrected chi connectivity index (χ3v) is 2.78. The molecule has 0 aromatic carbocycles. The van der Waals surface area contributed by atoms with Crippen molar-refractivity contribution in [3.8, 4) is 0 Å². The van der Waals surface area contributed by atoms with Crippen LogP contribution in [0.25, 0.3) is 0 Å². The molecule has 0 spiro atoms. The molecule has 1 heterocycles. The molecule has 6 nitrogen and oxygen atoms in total. The fourth-order valence-electron chi connectivity index (χ4n) is 1.67. The molecule has 0 radical (unpaired) electrons. The molecule has 0 fully saturated rings. The fourth-order valence-corrected chi connectivity index (χ4v) is 1.67. The highest BCUT2D eigenvalue weighted by Crippen LogP contribution is 1.95. The molecule has 0 atom stereocenters. The molecule has 0 aliphatic carbocycles. The lowest BCUT2D eigenvalue weighted by atomic mass is 10.4. The van der Waals surface area contributed by atoms with Crippen molar-refractivity contribution in [2.75, 3.05) is 25.0 Å². The van der Waals surface area contributed by atoms with Crippen LogP contribution < -0.4 is 10.9 Å². The Labute approximate surface area is 107 Å². The molecule has 1 amide bonds. The average molecular weight is 252 g/mol. The van der Waals surface area contributed by atoms with Crippen molar-refractivity contribution >= 4 is 11.7 Å². The summed E-state index contributed by atoms with van der Waals surface area (Å²) in [6.45, 7) is 7.74. The second-order valence-corrected chi connectivity index (χ2v) is 3.79. The molecule has 0 aliphatic rings. The van der Waals surface area contributed by atoms with E-state index in [2.05, 4.69) is 10.3 Å². The minimum absolute atomic E-state index is 0.0342. The van der Waals surface area contributed by atoms with Gasteiger partial charge in [0.05, 0.1) is 6.54 Å². The summed E-state index contributed by atoms with van der Waals surface area (Å²) in [4.78, 5) is 29.3. The van der Waals surface area contributed by atoms with Crippen LogP contribution in [0.5, 0.6) is 0 Å². The number of nitrogens with one attached hydrogen (secondary N) is 1. The van der Waals surface area contributed by atoms with Gasteiger partial charge in [-0.3, -0.25) is 9.59 Å². The molecule has 0 saturated carbocycles. The number of aromatic nitrogens is 2. The van der Waals surface area contributed by atoms with Crippen LogP contribution in [0, 0.1) is 0 Å². The van der Waals surface area contributed by atoms with Gasteiger partial charge in [-0.2, -0.15) is 0 Å². The number of anilines is 1. The molecule has 18 heavy (non-hydrogen) atoms. The summed E-state index contributed by atoms with van der Waals surface area (Å²) in [6.07, 6.45) is 3.18. The Balaban J connectivity index is 2.69. The van der Waals surface area contributed by atoms with Crippen LogP contribution in [0.2, 0.25) is 0 Å². The van der Waals surface area contributed by atoms with Gasteiger partial charge in [0.15, 0.2) is 5.82 Å². The summed E-state index contributed by atoms with van der Waals surface area (Å²) in [7, 11) is 0. The Kier molecular flexibility index (Phi) is 5.35. The zero-order valence-corrected chi connectivity index (χ0v) is 11.1. The standard InChI is InChI=1S/C12H20N4O2/c1-4-15(5-2)10(17)9-14-11-12(18)16(6-3)8-7-13-11/h7-8H,4-6,9H2,1-3H3,(H,13,14). The van der Waals surface area contributed by atoms with E-state index < -0.39 is 0 Å². The van der Waals surface area contributed by atoms with E-state index in [0.717, 1.165) is 0 Å². The summed E-state index contributed by atoms with van der Waals surface area (Å²) in [5.41, 5.74) is -0.202. The summed E-state index contributed by atoms with van der Waals surface area (Å²) >= 11 is 0. The van der Waals surface area contributed by atoms with Gasteiger partial charge in [0, 0.05) is 32.0 Å². The highest BCUT2D eigenvalue weighted by atomic mass is 16.2. The maximum atomic E-state index is 11.8. The van der Waals surface area contributed by atoms with Crippen molar-refractivity contribution in [3.05, 3.63) is 22.7 Å². The quantitative estimate of drug-likeness (QED) is 0.802. The van der Waals surface area contributed by atoms with Crippen molar-refractivity contribution in [1.29, 1.82) is 0 Å². The van der Waals surface area contributed by atoms with E-state index >= 15 is 0 Å². The van der Waals surface area contributed by atoms with Crippen LogP contribution in [0.15, 0.2) is 17.2 Å². The van der Waals surface area contributed by atoms with Gasteiger partial charge in [0.2, 0.25) is 5.91 Å². The predicted octanol–water partition coefficient (Wildman–Crippen LogP) is 0.543. The molecule has 1 aromatic heterocycles. The van der Waals surface area contributed by atoms with Gasteiger partial charge in [-0.15, -0.1) is 0 Å². The van der Waals surface area contributed by atoms with Gasteiger partial charge in [-0.25, -0.2) is 4.98 Å². The molecule has 100 valence electrons. The third-order valence-electron chi connectivity index (χ3n) is 2.78. The number of aryl methyl sites for hydroxylation is 1. The van der Waals surface area contributed by atoms with Crippen molar-refractivity contribution in [2.45, 2.75) is 27.3 Å². The van der Waals surface area contributed by atoms with Crippen molar-refractivity contribution in [2.24, 2.45) is 0 Å². The number of amides is 1. The molecular weight excluding hydrogens is 232 g/mol.